The van der Waals surface area contributed by atoms with Crippen molar-refractivity contribution in [1.82, 2.24) is 30.2 Å². The number of hydrogen-bond donors (Lipinski definition) is 3. The molecule has 4 heterocycles. The number of nitrogens with zero attached hydrogens (tertiary/aromatic N) is 4. The molecule has 0 aliphatic carbocycles. The fourth-order valence-corrected chi connectivity index (χ4v) is 7.04. The van der Waals surface area contributed by atoms with E-state index in [1.54, 1.807) is 36.5 Å². The van der Waals surface area contributed by atoms with Gasteiger partial charge in [-0.05, 0) is 114 Å². The van der Waals surface area contributed by atoms with Crippen LogP contribution in [0.2, 0.25) is 20.1 Å². The lowest BCUT2D eigenvalue weighted by Crippen LogP contribution is -2.08. The number of aryl methyl sites for hydroxylation is 2. The first-order valence-electron chi connectivity index (χ1n) is 17.9. The van der Waals surface area contributed by atoms with Gasteiger partial charge in [0, 0.05) is 35.3 Å². The normalized spacial score (nSPS) is 10.6. The van der Waals surface area contributed by atoms with Crippen molar-refractivity contribution in [2.45, 2.75) is 40.5 Å². The third-order valence-corrected chi connectivity index (χ3v) is 9.88. The largest absolute Gasteiger partial charge is 0.454 e. The number of carbonyl (C=O) groups is 2. The molecule has 4 aromatic heterocycles. The molecule has 8 rings (SSSR count). The highest BCUT2D eigenvalue weighted by molar-refractivity contribution is 6.67. The van der Waals surface area contributed by atoms with Gasteiger partial charge in [-0.25, -0.2) is 9.59 Å². The van der Waals surface area contributed by atoms with Gasteiger partial charge in [-0.1, -0.05) is 78.0 Å². The van der Waals surface area contributed by atoms with E-state index in [4.69, 9.17) is 73.2 Å². The third-order valence-electron chi connectivity index (χ3n) is 8.58. The molecule has 0 radical (unpaired) electrons. The number of carbonyl (C=O) groups excluding carboxylic acids is 2. The molecule has 0 bridgehead atoms. The molecule has 0 aliphatic rings. The highest BCUT2D eigenvalue weighted by atomic mass is 35.5. The molecule has 0 unspecified atom stereocenters. The molecule has 4 N–H and O–H groups in total. The zero-order chi connectivity index (χ0) is 43.8. The second-order valence-corrected chi connectivity index (χ2v) is 14.6. The predicted octanol–water partition coefficient (Wildman–Crippen LogP) is 10.9. The highest BCUT2D eigenvalue weighted by Crippen LogP contribution is 2.40. The number of ether oxygens (including phenoxy) is 2. The lowest BCUT2D eigenvalue weighted by Gasteiger charge is -2.12. The summed E-state index contributed by atoms with van der Waals surface area (Å²) in [6.07, 6.45) is 5.32. The lowest BCUT2D eigenvalue weighted by atomic mass is 10.1. The molecule has 0 atom stereocenters. The van der Waals surface area contributed by atoms with Crippen molar-refractivity contribution in [2.75, 3.05) is 5.73 Å². The van der Waals surface area contributed by atoms with E-state index in [2.05, 4.69) is 48.2 Å². The Morgan fingerprint density at radius 2 is 1.10 bits per heavy atom. The number of aromatic nitrogens is 6. The Hall–Kier alpha value is -6.23. The molecule has 0 saturated carbocycles. The maximum atomic E-state index is 12.2. The summed E-state index contributed by atoms with van der Waals surface area (Å²) >= 11 is 29.9. The fourth-order valence-electron chi connectivity index (χ4n) is 5.77. The number of nitrogens with one attached hydrogen (secondary N) is 2. The Morgan fingerprint density at radius 3 is 1.48 bits per heavy atom. The number of H-pyrrole nitrogens is 2. The second kappa shape index (κ2) is 21.0. The Morgan fingerprint density at radius 1 is 0.661 bits per heavy atom. The Bertz CT molecular complexity index is 2970. The van der Waals surface area contributed by atoms with Crippen LogP contribution in [0.15, 0.2) is 104 Å². The van der Waals surface area contributed by atoms with Crippen LogP contribution >= 0.6 is 58.0 Å². The standard InChI is InChI=1S/C21H15Cl2N3O4.C17H14Cl2N2O.C3HClN2O3.CH4/c1-2-12-5-6-24-17-4-3-13(10-14(12)17)29-19-15(22)7-11(8-16(19)23)9-18(27)20-25-21(28)30-26-20;1-2-10-5-6-21-16-4-3-12(9-13(10)16)22-17-14(18)7-11(20)8-15(17)19;4-1(7)2-5-3(8)9-6-2;/h3-8,10H,2,9H2,1H3,(H,25,26,28);3-9H,2,20H2,1H3;(H,5,6,8);1H4. The van der Waals surface area contributed by atoms with Gasteiger partial charge >= 0.3 is 11.5 Å². The van der Waals surface area contributed by atoms with E-state index in [-0.39, 0.29) is 41.3 Å². The van der Waals surface area contributed by atoms with Crippen molar-refractivity contribution >= 4 is 96.5 Å². The molecular formula is C42H34Cl5N7O8. The predicted molar refractivity (Wildman–Crippen MR) is 239 cm³/mol. The second-order valence-electron chi connectivity index (χ2n) is 12.7. The monoisotopic (exact) mass is 939 g/mol. The molecule has 0 saturated heterocycles. The Kier molecular flexibility index (Phi) is 15.9. The van der Waals surface area contributed by atoms with E-state index in [1.807, 2.05) is 53.6 Å². The Balaban J connectivity index is 0.000000198. The van der Waals surface area contributed by atoms with Crippen LogP contribution in [0.5, 0.6) is 23.0 Å². The smallest absolute Gasteiger partial charge is 0.439 e. The average molecular weight is 942 g/mol. The van der Waals surface area contributed by atoms with Crippen LogP contribution in [0.25, 0.3) is 21.8 Å². The van der Waals surface area contributed by atoms with Gasteiger partial charge in [0.15, 0.2) is 11.5 Å². The minimum Gasteiger partial charge on any atom is -0.454 e. The van der Waals surface area contributed by atoms with Crippen LogP contribution in [-0.4, -0.2) is 41.3 Å². The van der Waals surface area contributed by atoms with E-state index >= 15 is 0 Å². The molecule has 0 amide bonds. The number of benzene rings is 4. The first-order chi connectivity index (χ1) is 29.2. The van der Waals surface area contributed by atoms with Gasteiger partial charge in [-0.15, -0.1) is 0 Å². The van der Waals surface area contributed by atoms with E-state index in [1.165, 1.54) is 5.56 Å². The molecule has 0 fully saturated rings. The molecule has 0 spiro atoms. The van der Waals surface area contributed by atoms with E-state index < -0.39 is 22.5 Å². The number of Topliss-reactive ketones (excluding diaryl/α,β-unsaturated/α-hetero) is 1. The fraction of sp³-hybridized carbons (Fsp3) is 0.143. The van der Waals surface area contributed by atoms with Gasteiger partial charge in [0.25, 0.3) is 5.24 Å². The summed E-state index contributed by atoms with van der Waals surface area (Å²) in [5.74, 6) is -0.554. The van der Waals surface area contributed by atoms with Crippen LogP contribution in [0.3, 0.4) is 0 Å². The van der Waals surface area contributed by atoms with Crippen molar-refractivity contribution < 1.29 is 28.1 Å². The average Bonchev–Trinajstić information content (AvgIpc) is 3.89. The molecule has 8 aromatic rings. The number of ketones is 1. The van der Waals surface area contributed by atoms with Gasteiger partial charge in [-0.3, -0.25) is 38.6 Å². The zero-order valence-corrected chi connectivity index (χ0v) is 35.5. The molecule has 62 heavy (non-hydrogen) atoms. The van der Waals surface area contributed by atoms with Gasteiger partial charge in [0.1, 0.15) is 11.5 Å². The topological polar surface area (TPSA) is 222 Å². The Labute approximate surface area is 377 Å². The number of anilines is 1. The molecule has 15 nitrogen and oxygen atoms in total. The SMILES string of the molecule is C.CCc1ccnc2ccc(Oc3c(Cl)cc(CC(=O)c4noc(=O)[nH]4)cc3Cl)cc12.CCc1ccnc2ccc(Oc3c(Cl)cc(N)cc3Cl)cc12.O=C(Cl)c1noc(=O)[nH]1. The first kappa shape index (κ1) is 46.8. The van der Waals surface area contributed by atoms with Crippen molar-refractivity contribution in [3.8, 4) is 23.0 Å². The first-order valence-corrected chi connectivity index (χ1v) is 19.8. The summed E-state index contributed by atoms with van der Waals surface area (Å²) in [6.45, 7) is 4.18. The van der Waals surface area contributed by atoms with Crippen molar-refractivity contribution in [1.29, 1.82) is 0 Å². The lowest BCUT2D eigenvalue weighted by molar-refractivity contribution is 0.0979. The van der Waals surface area contributed by atoms with Gasteiger partial charge in [0.05, 0.1) is 31.1 Å². The quantitative estimate of drug-likeness (QED) is 0.0660. The summed E-state index contributed by atoms with van der Waals surface area (Å²) in [4.78, 5) is 56.3. The van der Waals surface area contributed by atoms with Crippen molar-refractivity contribution in [3.05, 3.63) is 155 Å². The van der Waals surface area contributed by atoms with Gasteiger partial charge < -0.3 is 15.2 Å². The van der Waals surface area contributed by atoms with E-state index in [0.29, 0.717) is 38.5 Å². The van der Waals surface area contributed by atoms with E-state index in [9.17, 15) is 19.2 Å². The summed E-state index contributed by atoms with van der Waals surface area (Å²) in [5.41, 5.74) is 10.9. The molecule has 4 aromatic carbocycles. The van der Waals surface area contributed by atoms with Crippen LogP contribution in [-0.2, 0) is 19.3 Å². The maximum Gasteiger partial charge on any atom is 0.439 e. The summed E-state index contributed by atoms with van der Waals surface area (Å²) in [6, 6.07) is 21.6. The van der Waals surface area contributed by atoms with Crippen molar-refractivity contribution in [3.63, 3.8) is 0 Å². The summed E-state index contributed by atoms with van der Waals surface area (Å²) in [5, 5.41) is 8.84. The van der Waals surface area contributed by atoms with Gasteiger partial charge in [-0.2, -0.15) is 0 Å². The summed E-state index contributed by atoms with van der Waals surface area (Å²) in [7, 11) is 0. The number of pyridine rings is 2. The number of halogens is 5. The number of aromatic amines is 2. The minimum atomic E-state index is -0.846. The number of fused-ring (bicyclic) bond motifs is 2. The zero-order valence-electron chi connectivity index (χ0n) is 31.7. The van der Waals surface area contributed by atoms with Crippen LogP contribution < -0.4 is 26.7 Å². The van der Waals surface area contributed by atoms with Crippen molar-refractivity contribution in [2.24, 2.45) is 0 Å². The number of rotatable bonds is 10. The number of nitrogens with two attached hydrogens (primary N) is 1. The molecule has 0 aliphatic heterocycles. The molecule has 20 heteroatoms. The highest BCUT2D eigenvalue weighted by Gasteiger charge is 2.17. The van der Waals surface area contributed by atoms with Crippen LogP contribution in [0.1, 0.15) is 59.2 Å². The number of nitrogen functional groups attached to an aromatic ring is 1. The van der Waals surface area contributed by atoms with Gasteiger partial charge in [0.2, 0.25) is 17.4 Å². The van der Waals surface area contributed by atoms with E-state index in [0.717, 1.165) is 40.2 Å². The molecular weight excluding hydrogens is 908 g/mol. The molecule has 320 valence electrons. The summed E-state index contributed by atoms with van der Waals surface area (Å²) < 4.78 is 20.1. The van der Waals surface area contributed by atoms with Crippen LogP contribution in [0.4, 0.5) is 5.69 Å². The maximum absolute atomic E-state index is 12.2. The van der Waals surface area contributed by atoms with Crippen LogP contribution in [0, 0.1) is 0 Å². The third kappa shape index (κ3) is 11.6. The number of hydrogen-bond acceptors (Lipinski definition) is 13. The minimum absolute atomic E-state index is 0.